The van der Waals surface area contributed by atoms with E-state index in [0.717, 1.165) is 0 Å². The molecule has 5 heteroatoms. The molecule has 2 aromatic rings. The highest BCUT2D eigenvalue weighted by atomic mass is 79.9. The molecule has 0 spiro atoms. The third kappa shape index (κ3) is 1.88. The molecule has 0 aliphatic rings. The largest absolute Gasteiger partial charge is 0.439 e. The van der Waals surface area contributed by atoms with Gasteiger partial charge in [-0.1, -0.05) is 37.0 Å². The van der Waals surface area contributed by atoms with Crippen molar-refractivity contribution < 1.29 is 4.42 Å². The van der Waals surface area contributed by atoms with E-state index in [1.807, 2.05) is 13.8 Å². The first-order valence-corrected chi connectivity index (χ1v) is 5.99. The van der Waals surface area contributed by atoms with Crippen LogP contribution in [0.4, 0.5) is 0 Å². The fraction of sp³-hybridized carbons (Fsp3) is 0.300. The molecule has 0 saturated heterocycles. The normalized spacial score (nSPS) is 11.6. The second-order valence-corrected chi connectivity index (χ2v) is 5.15. The predicted octanol–water partition coefficient (Wildman–Crippen LogP) is 5.02. The standard InChI is InChI=1S/C10H8BrCl2NO/c1-4(2)10-14-8-6(13)3-5(12)7(11)9(8)15-10/h3-4H,1-2H3. The lowest BCUT2D eigenvalue weighted by molar-refractivity contribution is 0.500. The van der Waals surface area contributed by atoms with Crippen molar-refractivity contribution in [2.45, 2.75) is 19.8 Å². The summed E-state index contributed by atoms with van der Waals surface area (Å²) in [6.45, 7) is 4.02. The molecule has 0 bridgehead atoms. The molecule has 0 atom stereocenters. The molecule has 15 heavy (non-hydrogen) atoms. The molecule has 2 nitrogen and oxygen atoms in total. The zero-order chi connectivity index (χ0) is 11.2. The maximum Gasteiger partial charge on any atom is 0.198 e. The number of benzene rings is 1. The molecule has 80 valence electrons. The topological polar surface area (TPSA) is 26.0 Å². The van der Waals surface area contributed by atoms with Crippen molar-refractivity contribution in [1.82, 2.24) is 4.98 Å². The molecule has 0 N–H and O–H groups in total. The van der Waals surface area contributed by atoms with Crippen LogP contribution in [0.3, 0.4) is 0 Å². The summed E-state index contributed by atoms with van der Waals surface area (Å²) in [7, 11) is 0. The lowest BCUT2D eigenvalue weighted by atomic mass is 10.2. The number of hydrogen-bond acceptors (Lipinski definition) is 2. The highest BCUT2D eigenvalue weighted by molar-refractivity contribution is 9.10. The van der Waals surface area contributed by atoms with E-state index < -0.39 is 0 Å². The molecule has 2 rings (SSSR count). The number of rotatable bonds is 1. The number of oxazole rings is 1. The Balaban J connectivity index is 2.80. The minimum Gasteiger partial charge on any atom is -0.439 e. The van der Waals surface area contributed by atoms with Crippen LogP contribution in [0.2, 0.25) is 10.0 Å². The fourth-order valence-corrected chi connectivity index (χ4v) is 2.12. The third-order valence-corrected chi connectivity index (χ3v) is 3.63. The van der Waals surface area contributed by atoms with Crippen LogP contribution in [-0.4, -0.2) is 4.98 Å². The van der Waals surface area contributed by atoms with Crippen LogP contribution < -0.4 is 0 Å². The Morgan fingerprint density at radius 3 is 2.60 bits per heavy atom. The summed E-state index contributed by atoms with van der Waals surface area (Å²) in [4.78, 5) is 4.33. The second kappa shape index (κ2) is 3.96. The van der Waals surface area contributed by atoms with Crippen molar-refractivity contribution in [3.8, 4) is 0 Å². The fourth-order valence-electron chi connectivity index (χ4n) is 1.25. The van der Waals surface area contributed by atoms with E-state index in [1.165, 1.54) is 0 Å². The van der Waals surface area contributed by atoms with Gasteiger partial charge in [-0.25, -0.2) is 4.98 Å². The summed E-state index contributed by atoms with van der Waals surface area (Å²) in [5, 5.41) is 1.04. The molecule has 0 amide bonds. The van der Waals surface area contributed by atoms with Gasteiger partial charge in [0.2, 0.25) is 0 Å². The molecule has 0 radical (unpaired) electrons. The Morgan fingerprint density at radius 1 is 1.33 bits per heavy atom. The highest BCUT2D eigenvalue weighted by Gasteiger charge is 2.16. The van der Waals surface area contributed by atoms with Gasteiger partial charge >= 0.3 is 0 Å². The first-order valence-electron chi connectivity index (χ1n) is 4.44. The van der Waals surface area contributed by atoms with E-state index in [0.29, 0.717) is 31.5 Å². The second-order valence-electron chi connectivity index (χ2n) is 3.54. The van der Waals surface area contributed by atoms with Crippen LogP contribution in [0.1, 0.15) is 25.7 Å². The lowest BCUT2D eigenvalue weighted by Gasteiger charge is -1.97. The molecule has 0 aliphatic heterocycles. The summed E-state index contributed by atoms with van der Waals surface area (Å²) in [6, 6.07) is 1.65. The third-order valence-electron chi connectivity index (χ3n) is 2.03. The molecular formula is C10H8BrCl2NO. The summed E-state index contributed by atoms with van der Waals surface area (Å²) < 4.78 is 6.29. The van der Waals surface area contributed by atoms with Gasteiger partial charge in [-0.3, -0.25) is 0 Å². The number of hydrogen-bond donors (Lipinski definition) is 0. The SMILES string of the molecule is CC(C)c1nc2c(Cl)cc(Cl)c(Br)c2o1. The Morgan fingerprint density at radius 2 is 2.00 bits per heavy atom. The average Bonchev–Trinajstić information content (AvgIpc) is 2.59. The van der Waals surface area contributed by atoms with Crippen LogP contribution >= 0.6 is 39.1 Å². The number of fused-ring (bicyclic) bond motifs is 1. The van der Waals surface area contributed by atoms with Crippen molar-refractivity contribution in [2.24, 2.45) is 0 Å². The highest BCUT2D eigenvalue weighted by Crippen LogP contribution is 2.37. The molecular weight excluding hydrogens is 301 g/mol. The zero-order valence-electron chi connectivity index (χ0n) is 8.14. The minimum absolute atomic E-state index is 0.221. The van der Waals surface area contributed by atoms with Gasteiger partial charge in [-0.05, 0) is 22.0 Å². The number of halogens is 3. The molecule has 0 aliphatic carbocycles. The maximum absolute atomic E-state index is 6.02. The summed E-state index contributed by atoms with van der Waals surface area (Å²) >= 11 is 15.3. The van der Waals surface area contributed by atoms with Crippen molar-refractivity contribution >= 4 is 50.2 Å². The van der Waals surface area contributed by atoms with Crippen LogP contribution in [-0.2, 0) is 0 Å². The van der Waals surface area contributed by atoms with E-state index in [4.69, 9.17) is 27.6 Å². The van der Waals surface area contributed by atoms with Crippen molar-refractivity contribution in [1.29, 1.82) is 0 Å². The van der Waals surface area contributed by atoms with Crippen LogP contribution in [0.5, 0.6) is 0 Å². The van der Waals surface area contributed by atoms with Crippen molar-refractivity contribution in [3.63, 3.8) is 0 Å². The smallest absolute Gasteiger partial charge is 0.198 e. The predicted molar refractivity (Wildman–Crippen MR) is 65.8 cm³/mol. The van der Waals surface area contributed by atoms with Crippen molar-refractivity contribution in [2.75, 3.05) is 0 Å². The molecule has 1 aromatic carbocycles. The molecule has 0 saturated carbocycles. The summed E-state index contributed by atoms with van der Waals surface area (Å²) in [5.74, 6) is 0.883. The van der Waals surface area contributed by atoms with Gasteiger partial charge in [0.25, 0.3) is 0 Å². The Bertz CT molecular complexity index is 522. The van der Waals surface area contributed by atoms with Gasteiger partial charge in [0.15, 0.2) is 11.5 Å². The Kier molecular flexibility index (Phi) is 2.97. The quantitative estimate of drug-likeness (QED) is 0.691. The lowest BCUT2D eigenvalue weighted by Crippen LogP contribution is -1.84. The number of nitrogens with zero attached hydrogens (tertiary/aromatic N) is 1. The van der Waals surface area contributed by atoms with Crippen molar-refractivity contribution in [3.05, 3.63) is 26.5 Å². The summed E-state index contributed by atoms with van der Waals surface area (Å²) in [5.41, 5.74) is 1.26. The molecule has 1 aromatic heterocycles. The summed E-state index contributed by atoms with van der Waals surface area (Å²) in [6.07, 6.45) is 0. The van der Waals surface area contributed by atoms with Crippen LogP contribution in [0.25, 0.3) is 11.1 Å². The van der Waals surface area contributed by atoms with Gasteiger partial charge in [0.1, 0.15) is 5.52 Å². The Labute approximate surface area is 106 Å². The molecule has 1 heterocycles. The van der Waals surface area contributed by atoms with Gasteiger partial charge < -0.3 is 4.42 Å². The van der Waals surface area contributed by atoms with E-state index >= 15 is 0 Å². The van der Waals surface area contributed by atoms with Crippen LogP contribution in [0.15, 0.2) is 15.0 Å². The first kappa shape index (κ1) is 11.2. The maximum atomic E-state index is 6.02. The average molecular weight is 309 g/mol. The van der Waals surface area contributed by atoms with Crippen LogP contribution in [0, 0.1) is 0 Å². The van der Waals surface area contributed by atoms with E-state index in [9.17, 15) is 0 Å². The molecule has 0 unspecified atom stereocenters. The minimum atomic E-state index is 0.221. The van der Waals surface area contributed by atoms with Gasteiger partial charge in [-0.2, -0.15) is 0 Å². The number of aromatic nitrogens is 1. The zero-order valence-corrected chi connectivity index (χ0v) is 11.2. The van der Waals surface area contributed by atoms with E-state index in [2.05, 4.69) is 20.9 Å². The van der Waals surface area contributed by atoms with E-state index in [1.54, 1.807) is 6.07 Å². The van der Waals surface area contributed by atoms with Gasteiger partial charge in [0, 0.05) is 5.92 Å². The molecule has 0 fully saturated rings. The van der Waals surface area contributed by atoms with Gasteiger partial charge in [-0.15, -0.1) is 0 Å². The van der Waals surface area contributed by atoms with Gasteiger partial charge in [0.05, 0.1) is 14.5 Å². The monoisotopic (exact) mass is 307 g/mol. The Hall–Kier alpha value is -0.250. The first-order chi connectivity index (χ1) is 7.00. The van der Waals surface area contributed by atoms with E-state index in [-0.39, 0.29) is 5.92 Å².